The third-order valence-corrected chi connectivity index (χ3v) is 4.28. The van der Waals surface area contributed by atoms with E-state index in [0.29, 0.717) is 42.7 Å². The Morgan fingerprint density at radius 3 is 2.76 bits per heavy atom. The molecule has 1 atom stereocenters. The Hall–Kier alpha value is -2.40. The second-order valence-corrected chi connectivity index (χ2v) is 6.29. The summed E-state index contributed by atoms with van der Waals surface area (Å²) in [7, 11) is 0. The third kappa shape index (κ3) is 4.57. The predicted octanol–water partition coefficient (Wildman–Crippen LogP) is 3.71. The lowest BCUT2D eigenvalue weighted by Crippen LogP contribution is -2.38. The Morgan fingerprint density at radius 2 is 1.96 bits per heavy atom. The molecule has 25 heavy (non-hydrogen) atoms. The Bertz CT molecular complexity index is 737. The number of halogens is 1. The molecule has 0 bridgehead atoms. The van der Waals surface area contributed by atoms with E-state index in [4.69, 9.17) is 21.1 Å². The number of hydrogen-bond donors (Lipinski definition) is 2. The second kappa shape index (κ2) is 8.12. The highest BCUT2D eigenvalue weighted by atomic mass is 35.5. The summed E-state index contributed by atoms with van der Waals surface area (Å²) in [6.07, 6.45) is 0.656. The monoisotopic (exact) mass is 360 g/mol. The van der Waals surface area contributed by atoms with Crippen LogP contribution >= 0.6 is 11.6 Å². The summed E-state index contributed by atoms with van der Waals surface area (Å²) in [6, 6.07) is 13.4. The topological polar surface area (TPSA) is 59.6 Å². The van der Waals surface area contributed by atoms with Gasteiger partial charge in [-0.3, -0.25) is 0 Å². The molecule has 5 nitrogen and oxygen atoms in total. The van der Waals surface area contributed by atoms with Crippen molar-refractivity contribution in [2.75, 3.05) is 19.8 Å². The molecule has 0 spiro atoms. The Kier molecular flexibility index (Phi) is 5.66. The van der Waals surface area contributed by atoms with E-state index in [-0.39, 0.29) is 12.1 Å². The van der Waals surface area contributed by atoms with Gasteiger partial charge in [0.2, 0.25) is 0 Å². The summed E-state index contributed by atoms with van der Waals surface area (Å²) in [5.74, 6) is 1.26. The predicted molar refractivity (Wildman–Crippen MR) is 97.5 cm³/mol. The summed E-state index contributed by atoms with van der Waals surface area (Å²) >= 11 is 6.22. The molecule has 2 aromatic carbocycles. The maximum absolute atomic E-state index is 12.0. The van der Waals surface area contributed by atoms with Crippen LogP contribution in [-0.4, -0.2) is 25.8 Å². The van der Waals surface area contributed by atoms with Gasteiger partial charge in [0.15, 0.2) is 11.5 Å². The molecular weight excluding hydrogens is 340 g/mol. The largest absolute Gasteiger partial charge is 0.486 e. The Labute approximate surface area is 152 Å². The van der Waals surface area contributed by atoms with E-state index in [0.717, 1.165) is 11.1 Å². The van der Waals surface area contributed by atoms with E-state index in [1.54, 1.807) is 0 Å². The fraction of sp³-hybridized carbons (Fsp3) is 0.316. The molecule has 2 amide bonds. The molecule has 1 unspecified atom stereocenters. The molecule has 1 heterocycles. The highest BCUT2D eigenvalue weighted by Crippen LogP contribution is 2.38. The molecule has 0 saturated heterocycles. The fourth-order valence-electron chi connectivity index (χ4n) is 2.70. The van der Waals surface area contributed by atoms with Crippen LogP contribution in [0, 0.1) is 0 Å². The first kappa shape index (κ1) is 17.4. The number of carbonyl (C=O) groups is 1. The molecule has 2 N–H and O–H groups in total. The zero-order valence-electron chi connectivity index (χ0n) is 14.0. The van der Waals surface area contributed by atoms with E-state index in [1.807, 2.05) is 49.4 Å². The quantitative estimate of drug-likeness (QED) is 0.854. The molecule has 3 rings (SSSR count). The van der Waals surface area contributed by atoms with E-state index < -0.39 is 0 Å². The van der Waals surface area contributed by atoms with Crippen LogP contribution in [0.15, 0.2) is 42.5 Å². The Balaban J connectivity index is 1.49. The number of benzene rings is 2. The molecule has 132 valence electrons. The van der Waals surface area contributed by atoms with Gasteiger partial charge in [0.25, 0.3) is 0 Å². The van der Waals surface area contributed by atoms with Crippen molar-refractivity contribution < 1.29 is 14.3 Å². The van der Waals surface area contributed by atoms with Crippen LogP contribution in [0.2, 0.25) is 5.02 Å². The normalized spacial score (nSPS) is 13.8. The molecule has 0 aliphatic carbocycles. The summed E-state index contributed by atoms with van der Waals surface area (Å²) in [4.78, 5) is 12.0. The van der Waals surface area contributed by atoms with Crippen LogP contribution in [-0.2, 0) is 6.42 Å². The van der Waals surface area contributed by atoms with Crippen molar-refractivity contribution in [2.24, 2.45) is 0 Å². The van der Waals surface area contributed by atoms with Gasteiger partial charge in [-0.15, -0.1) is 0 Å². The first-order valence-corrected chi connectivity index (χ1v) is 8.68. The number of nitrogens with one attached hydrogen (secondary N) is 2. The molecule has 0 saturated carbocycles. The van der Waals surface area contributed by atoms with Gasteiger partial charge in [0, 0.05) is 6.54 Å². The van der Waals surface area contributed by atoms with Gasteiger partial charge in [-0.1, -0.05) is 41.9 Å². The maximum Gasteiger partial charge on any atom is 0.315 e. The van der Waals surface area contributed by atoms with Gasteiger partial charge >= 0.3 is 6.03 Å². The second-order valence-electron chi connectivity index (χ2n) is 5.88. The molecule has 6 heteroatoms. The Morgan fingerprint density at radius 1 is 1.20 bits per heavy atom. The lowest BCUT2D eigenvalue weighted by molar-refractivity contribution is 0.171. The number of ether oxygens (including phenoxy) is 2. The minimum atomic E-state index is -0.194. The van der Waals surface area contributed by atoms with E-state index in [1.165, 1.54) is 0 Å². The first-order valence-electron chi connectivity index (χ1n) is 8.31. The number of amides is 2. The van der Waals surface area contributed by atoms with Crippen molar-refractivity contribution in [1.29, 1.82) is 0 Å². The zero-order valence-corrected chi connectivity index (χ0v) is 14.8. The van der Waals surface area contributed by atoms with Crippen molar-refractivity contribution in [3.8, 4) is 11.5 Å². The summed E-state index contributed by atoms with van der Waals surface area (Å²) in [6.45, 7) is 3.48. The smallest absolute Gasteiger partial charge is 0.315 e. The molecule has 2 aromatic rings. The number of fused-ring (bicyclic) bond motifs is 1. The minimum absolute atomic E-state index is 0.0510. The highest BCUT2D eigenvalue weighted by molar-refractivity contribution is 6.32. The molecule has 1 aliphatic heterocycles. The average Bonchev–Trinajstić information content (AvgIpc) is 2.62. The maximum atomic E-state index is 12.0. The van der Waals surface area contributed by atoms with Crippen molar-refractivity contribution in [3.05, 3.63) is 58.6 Å². The third-order valence-electron chi connectivity index (χ3n) is 4.00. The van der Waals surface area contributed by atoms with Gasteiger partial charge in [-0.2, -0.15) is 0 Å². The van der Waals surface area contributed by atoms with Gasteiger partial charge in [0.05, 0.1) is 11.1 Å². The number of hydrogen-bond acceptors (Lipinski definition) is 3. The van der Waals surface area contributed by atoms with Crippen molar-refractivity contribution in [3.63, 3.8) is 0 Å². The molecular formula is C19H21ClN2O3. The standard InChI is InChI=1S/C19H21ClN2O3/c1-13(15-5-3-2-4-6-15)22-19(23)21-8-7-14-11-16(20)18-17(12-14)24-9-10-25-18/h2-6,11-13H,7-10H2,1H3,(H2,21,22,23). The van der Waals surface area contributed by atoms with Crippen LogP contribution in [0.3, 0.4) is 0 Å². The minimum Gasteiger partial charge on any atom is -0.486 e. The van der Waals surface area contributed by atoms with Crippen LogP contribution in [0.25, 0.3) is 0 Å². The van der Waals surface area contributed by atoms with Crippen molar-refractivity contribution >= 4 is 17.6 Å². The van der Waals surface area contributed by atoms with Crippen LogP contribution in [0.4, 0.5) is 4.79 Å². The lowest BCUT2D eigenvalue weighted by Gasteiger charge is -2.20. The van der Waals surface area contributed by atoms with Crippen LogP contribution < -0.4 is 20.1 Å². The zero-order chi connectivity index (χ0) is 17.6. The fourth-order valence-corrected chi connectivity index (χ4v) is 2.99. The molecule has 1 aliphatic rings. The average molecular weight is 361 g/mol. The van der Waals surface area contributed by atoms with Crippen LogP contribution in [0.1, 0.15) is 24.1 Å². The van der Waals surface area contributed by atoms with E-state index >= 15 is 0 Å². The van der Waals surface area contributed by atoms with Crippen molar-refractivity contribution in [1.82, 2.24) is 10.6 Å². The highest BCUT2D eigenvalue weighted by Gasteiger charge is 2.16. The van der Waals surface area contributed by atoms with Gasteiger partial charge in [0.1, 0.15) is 13.2 Å². The number of urea groups is 1. The van der Waals surface area contributed by atoms with Gasteiger partial charge in [-0.25, -0.2) is 4.79 Å². The molecule has 0 radical (unpaired) electrons. The van der Waals surface area contributed by atoms with Gasteiger partial charge in [-0.05, 0) is 36.6 Å². The summed E-state index contributed by atoms with van der Waals surface area (Å²) in [5.41, 5.74) is 2.06. The lowest BCUT2D eigenvalue weighted by atomic mass is 10.1. The number of rotatable bonds is 5. The SMILES string of the molecule is CC(NC(=O)NCCc1cc(Cl)c2c(c1)OCCO2)c1ccccc1. The summed E-state index contributed by atoms with van der Waals surface area (Å²) in [5, 5.41) is 6.33. The van der Waals surface area contributed by atoms with Crippen LogP contribution in [0.5, 0.6) is 11.5 Å². The van der Waals surface area contributed by atoms with Crippen molar-refractivity contribution in [2.45, 2.75) is 19.4 Å². The first-order chi connectivity index (χ1) is 12.1. The van der Waals surface area contributed by atoms with E-state index in [2.05, 4.69) is 10.6 Å². The van der Waals surface area contributed by atoms with E-state index in [9.17, 15) is 4.79 Å². The molecule has 0 aromatic heterocycles. The number of carbonyl (C=O) groups excluding carboxylic acids is 1. The molecule has 0 fully saturated rings. The van der Waals surface area contributed by atoms with Gasteiger partial charge < -0.3 is 20.1 Å². The summed E-state index contributed by atoms with van der Waals surface area (Å²) < 4.78 is 11.1.